The lowest BCUT2D eigenvalue weighted by atomic mass is 10.1. The molecule has 23 heavy (non-hydrogen) atoms. The Balaban J connectivity index is 2.17. The quantitative estimate of drug-likeness (QED) is 0.668. The predicted octanol–water partition coefficient (Wildman–Crippen LogP) is 3.11. The van der Waals surface area contributed by atoms with E-state index < -0.39 is 10.8 Å². The van der Waals surface area contributed by atoms with E-state index in [2.05, 4.69) is 10.6 Å². The highest BCUT2D eigenvalue weighted by Crippen LogP contribution is 2.20. The minimum Gasteiger partial charge on any atom is -0.326 e. The van der Waals surface area contributed by atoms with Crippen molar-refractivity contribution in [1.29, 1.82) is 0 Å². The van der Waals surface area contributed by atoms with Gasteiger partial charge in [-0.15, -0.1) is 0 Å². The molecule has 0 unspecified atom stereocenters. The van der Waals surface area contributed by atoms with Gasteiger partial charge < -0.3 is 10.6 Å². The summed E-state index contributed by atoms with van der Waals surface area (Å²) in [7, 11) is 0. The molecule has 0 aliphatic heterocycles. The molecular weight excluding hydrogens is 298 g/mol. The van der Waals surface area contributed by atoms with Gasteiger partial charge in [0, 0.05) is 36.0 Å². The van der Waals surface area contributed by atoms with E-state index in [0.29, 0.717) is 16.9 Å². The average Bonchev–Trinajstić information content (AvgIpc) is 2.48. The number of aryl methyl sites for hydroxylation is 1. The molecule has 2 N–H and O–H groups in total. The number of nitro groups is 1. The minimum absolute atomic E-state index is 0.137. The Labute approximate surface area is 132 Å². The van der Waals surface area contributed by atoms with Crippen LogP contribution in [-0.2, 0) is 4.79 Å². The second kappa shape index (κ2) is 6.69. The number of nitrogens with one attached hydrogen (secondary N) is 2. The van der Waals surface area contributed by atoms with E-state index in [1.54, 1.807) is 31.2 Å². The number of anilines is 2. The number of benzene rings is 2. The molecule has 0 heterocycles. The summed E-state index contributed by atoms with van der Waals surface area (Å²) in [5.74, 6) is -0.618. The van der Waals surface area contributed by atoms with Crippen LogP contribution in [0.4, 0.5) is 17.1 Å². The fourth-order valence-electron chi connectivity index (χ4n) is 2.01. The Morgan fingerprint density at radius 3 is 2.09 bits per heavy atom. The van der Waals surface area contributed by atoms with Crippen molar-refractivity contribution in [2.24, 2.45) is 0 Å². The molecular formula is C16H15N3O4. The van der Waals surface area contributed by atoms with Crippen molar-refractivity contribution in [1.82, 2.24) is 0 Å². The second-order valence-electron chi connectivity index (χ2n) is 4.97. The van der Waals surface area contributed by atoms with Crippen LogP contribution in [-0.4, -0.2) is 16.7 Å². The van der Waals surface area contributed by atoms with Crippen LogP contribution in [0.3, 0.4) is 0 Å². The second-order valence-corrected chi connectivity index (χ2v) is 4.97. The zero-order valence-electron chi connectivity index (χ0n) is 12.6. The van der Waals surface area contributed by atoms with Crippen LogP contribution in [0.1, 0.15) is 22.8 Å². The first-order chi connectivity index (χ1) is 10.9. The summed E-state index contributed by atoms with van der Waals surface area (Å²) in [6, 6.07) is 10.7. The maximum absolute atomic E-state index is 12.3. The van der Waals surface area contributed by atoms with Gasteiger partial charge in [0.25, 0.3) is 11.6 Å². The first kappa shape index (κ1) is 16.2. The highest BCUT2D eigenvalue weighted by atomic mass is 16.6. The Bertz CT molecular complexity index is 769. The third-order valence-electron chi connectivity index (χ3n) is 3.14. The third kappa shape index (κ3) is 4.13. The molecule has 0 spiro atoms. The molecule has 0 saturated heterocycles. The van der Waals surface area contributed by atoms with Crippen LogP contribution in [0.2, 0.25) is 0 Å². The Hall–Kier alpha value is -3.22. The Kier molecular flexibility index (Phi) is 4.70. The van der Waals surface area contributed by atoms with Gasteiger partial charge in [0.15, 0.2) is 0 Å². The van der Waals surface area contributed by atoms with E-state index in [9.17, 15) is 19.7 Å². The molecule has 7 nitrogen and oxygen atoms in total. The van der Waals surface area contributed by atoms with E-state index in [1.165, 1.54) is 25.1 Å². The summed E-state index contributed by atoms with van der Waals surface area (Å²) in [5.41, 5.74) is 1.88. The van der Waals surface area contributed by atoms with Gasteiger partial charge in [-0.3, -0.25) is 19.7 Å². The first-order valence-corrected chi connectivity index (χ1v) is 6.81. The Morgan fingerprint density at radius 2 is 1.57 bits per heavy atom. The maximum Gasteiger partial charge on any atom is 0.270 e. The molecule has 2 amide bonds. The Morgan fingerprint density at radius 1 is 1.00 bits per heavy atom. The van der Waals surface area contributed by atoms with Crippen molar-refractivity contribution in [2.45, 2.75) is 13.8 Å². The number of carbonyl (C=O) groups is 2. The summed E-state index contributed by atoms with van der Waals surface area (Å²) in [6.07, 6.45) is 0. The number of amides is 2. The van der Waals surface area contributed by atoms with Gasteiger partial charge in [0.1, 0.15) is 0 Å². The van der Waals surface area contributed by atoms with E-state index in [-0.39, 0.29) is 17.2 Å². The number of rotatable bonds is 4. The van der Waals surface area contributed by atoms with Crippen LogP contribution < -0.4 is 10.6 Å². The lowest BCUT2D eigenvalue weighted by molar-refractivity contribution is -0.384. The molecule has 0 aromatic heterocycles. The van der Waals surface area contributed by atoms with Gasteiger partial charge >= 0.3 is 0 Å². The van der Waals surface area contributed by atoms with Crippen LogP contribution in [0.5, 0.6) is 0 Å². The fourth-order valence-corrected chi connectivity index (χ4v) is 2.01. The zero-order chi connectivity index (χ0) is 17.0. The molecule has 0 aliphatic carbocycles. The summed E-state index contributed by atoms with van der Waals surface area (Å²) in [6.45, 7) is 3.11. The summed E-state index contributed by atoms with van der Waals surface area (Å²) >= 11 is 0. The smallest absolute Gasteiger partial charge is 0.270 e. The molecule has 0 saturated carbocycles. The molecule has 2 rings (SSSR count). The molecule has 118 valence electrons. The van der Waals surface area contributed by atoms with Gasteiger partial charge in [-0.1, -0.05) is 6.07 Å². The number of non-ortho nitro benzene ring substituents is 1. The lowest BCUT2D eigenvalue weighted by Gasteiger charge is -2.09. The normalized spacial score (nSPS) is 10.0. The van der Waals surface area contributed by atoms with Crippen LogP contribution in [0, 0.1) is 17.0 Å². The molecule has 0 bridgehead atoms. The van der Waals surface area contributed by atoms with E-state index in [4.69, 9.17) is 0 Å². The first-order valence-electron chi connectivity index (χ1n) is 6.81. The van der Waals surface area contributed by atoms with Gasteiger partial charge in [0.2, 0.25) is 5.91 Å². The molecule has 2 aromatic rings. The number of nitro benzene ring substituents is 1. The van der Waals surface area contributed by atoms with E-state index >= 15 is 0 Å². The van der Waals surface area contributed by atoms with E-state index in [0.717, 1.165) is 0 Å². The number of carbonyl (C=O) groups excluding carboxylic acids is 2. The molecule has 2 aromatic carbocycles. The maximum atomic E-state index is 12.3. The number of hydrogen-bond donors (Lipinski definition) is 2. The summed E-state index contributed by atoms with van der Waals surface area (Å²) < 4.78 is 0. The van der Waals surface area contributed by atoms with Crippen LogP contribution in [0.15, 0.2) is 42.5 Å². The van der Waals surface area contributed by atoms with Crippen molar-refractivity contribution in [3.05, 3.63) is 63.7 Å². The minimum atomic E-state index is -0.543. The fraction of sp³-hybridized carbons (Fsp3) is 0.125. The van der Waals surface area contributed by atoms with Gasteiger partial charge in [-0.05, 0) is 36.8 Å². The van der Waals surface area contributed by atoms with Crippen molar-refractivity contribution in [3.63, 3.8) is 0 Å². The van der Waals surface area contributed by atoms with Gasteiger partial charge in [-0.2, -0.15) is 0 Å². The summed E-state index contributed by atoms with van der Waals surface area (Å²) in [5, 5.41) is 16.1. The van der Waals surface area contributed by atoms with Crippen molar-refractivity contribution >= 4 is 28.9 Å². The molecule has 0 radical (unpaired) electrons. The number of nitrogens with zero attached hydrogens (tertiary/aromatic N) is 1. The molecule has 0 atom stereocenters. The predicted molar refractivity (Wildman–Crippen MR) is 86.5 cm³/mol. The lowest BCUT2D eigenvalue weighted by Crippen LogP contribution is -2.14. The molecule has 7 heteroatoms. The SMILES string of the molecule is CC(=O)Nc1ccc(NC(=O)c2cc([N+](=O)[O-])ccc2C)cc1. The highest BCUT2D eigenvalue weighted by Gasteiger charge is 2.14. The molecule has 0 aliphatic rings. The topological polar surface area (TPSA) is 101 Å². The zero-order valence-corrected chi connectivity index (χ0v) is 12.6. The van der Waals surface area contributed by atoms with Crippen molar-refractivity contribution in [3.8, 4) is 0 Å². The average molecular weight is 313 g/mol. The largest absolute Gasteiger partial charge is 0.326 e. The molecule has 0 fully saturated rings. The van der Waals surface area contributed by atoms with Crippen LogP contribution in [0.25, 0.3) is 0 Å². The van der Waals surface area contributed by atoms with Gasteiger partial charge in [0.05, 0.1) is 4.92 Å². The number of hydrogen-bond acceptors (Lipinski definition) is 4. The van der Waals surface area contributed by atoms with Crippen molar-refractivity contribution in [2.75, 3.05) is 10.6 Å². The monoisotopic (exact) mass is 313 g/mol. The summed E-state index contributed by atoms with van der Waals surface area (Å²) in [4.78, 5) is 33.5. The van der Waals surface area contributed by atoms with Crippen LogP contribution >= 0.6 is 0 Å². The standard InChI is InChI=1S/C16H15N3O4/c1-10-3-8-14(19(22)23)9-15(10)16(21)18-13-6-4-12(5-7-13)17-11(2)20/h3-9H,1-2H3,(H,17,20)(H,18,21). The van der Waals surface area contributed by atoms with Gasteiger partial charge in [-0.25, -0.2) is 0 Å². The van der Waals surface area contributed by atoms with E-state index in [1.807, 2.05) is 0 Å². The third-order valence-corrected chi connectivity index (χ3v) is 3.14. The highest BCUT2D eigenvalue weighted by molar-refractivity contribution is 6.05. The van der Waals surface area contributed by atoms with Crippen molar-refractivity contribution < 1.29 is 14.5 Å².